The highest BCUT2D eigenvalue weighted by atomic mass is 15.0. The van der Waals surface area contributed by atoms with E-state index >= 15 is 0 Å². The molecule has 2 aromatic rings. The third kappa shape index (κ3) is 1.66. The fourth-order valence-electron chi connectivity index (χ4n) is 1.76. The van der Waals surface area contributed by atoms with Gasteiger partial charge in [-0.15, -0.1) is 0 Å². The molecule has 0 spiro atoms. The van der Waals surface area contributed by atoms with Gasteiger partial charge >= 0.3 is 0 Å². The Morgan fingerprint density at radius 3 is 3.12 bits per heavy atom. The van der Waals surface area contributed by atoms with E-state index in [1.54, 1.807) is 6.07 Å². The van der Waals surface area contributed by atoms with E-state index in [0.29, 0.717) is 11.6 Å². The van der Waals surface area contributed by atoms with Crippen molar-refractivity contribution in [1.82, 2.24) is 14.7 Å². The molecule has 0 radical (unpaired) electrons. The minimum Gasteiger partial charge on any atom is -0.308 e. The highest BCUT2D eigenvalue weighted by Crippen LogP contribution is 2.19. The maximum Gasteiger partial charge on any atom is 0.137 e. The molecule has 0 saturated heterocycles. The highest BCUT2D eigenvalue weighted by molar-refractivity contribution is 5.44. The molecule has 0 aliphatic heterocycles. The molecule has 1 fully saturated rings. The molecular formula is C12H12N4. The van der Waals surface area contributed by atoms with Gasteiger partial charge in [0.05, 0.1) is 17.5 Å². The van der Waals surface area contributed by atoms with E-state index in [2.05, 4.69) is 16.4 Å². The Hall–Kier alpha value is -1.86. The van der Waals surface area contributed by atoms with E-state index in [4.69, 9.17) is 5.26 Å². The largest absolute Gasteiger partial charge is 0.308 e. The van der Waals surface area contributed by atoms with Gasteiger partial charge in [-0.25, -0.2) is 4.98 Å². The number of nitrogens with one attached hydrogen (secondary N) is 1. The summed E-state index contributed by atoms with van der Waals surface area (Å²) in [6.45, 7) is 0.820. The summed E-state index contributed by atoms with van der Waals surface area (Å²) in [4.78, 5) is 4.31. The predicted octanol–water partition coefficient (Wildman–Crippen LogP) is 1.46. The van der Waals surface area contributed by atoms with E-state index in [0.717, 1.165) is 17.9 Å². The van der Waals surface area contributed by atoms with Gasteiger partial charge in [0.25, 0.3) is 0 Å². The van der Waals surface area contributed by atoms with E-state index in [-0.39, 0.29) is 0 Å². The lowest BCUT2D eigenvalue weighted by molar-refractivity contribution is 0.670. The van der Waals surface area contributed by atoms with Crippen LogP contribution < -0.4 is 5.32 Å². The van der Waals surface area contributed by atoms with Crippen LogP contribution in [0, 0.1) is 11.3 Å². The lowest BCUT2D eigenvalue weighted by Gasteiger charge is -2.03. The van der Waals surface area contributed by atoms with Gasteiger partial charge in [0.2, 0.25) is 0 Å². The monoisotopic (exact) mass is 212 g/mol. The van der Waals surface area contributed by atoms with Crippen LogP contribution in [0.5, 0.6) is 0 Å². The quantitative estimate of drug-likeness (QED) is 0.838. The first-order valence-electron chi connectivity index (χ1n) is 5.46. The average Bonchev–Trinajstić information content (AvgIpc) is 3.06. The van der Waals surface area contributed by atoms with Crippen LogP contribution in [0.15, 0.2) is 24.5 Å². The van der Waals surface area contributed by atoms with Crippen LogP contribution in [0.25, 0.3) is 5.65 Å². The van der Waals surface area contributed by atoms with Gasteiger partial charge in [0.15, 0.2) is 0 Å². The van der Waals surface area contributed by atoms with Gasteiger partial charge in [-0.05, 0) is 25.0 Å². The summed E-state index contributed by atoms with van der Waals surface area (Å²) in [6, 6.07) is 6.50. The Kier molecular flexibility index (Phi) is 2.12. The van der Waals surface area contributed by atoms with Crippen molar-refractivity contribution < 1.29 is 0 Å². The summed E-state index contributed by atoms with van der Waals surface area (Å²) in [5, 5.41) is 12.3. The molecule has 0 atom stereocenters. The van der Waals surface area contributed by atoms with Crippen molar-refractivity contribution in [2.75, 3.05) is 0 Å². The Bertz CT molecular complexity index is 560. The van der Waals surface area contributed by atoms with Crippen molar-refractivity contribution in [3.8, 4) is 6.07 Å². The van der Waals surface area contributed by atoms with Gasteiger partial charge in [-0.3, -0.25) is 0 Å². The molecule has 80 valence electrons. The number of rotatable bonds is 3. The zero-order chi connectivity index (χ0) is 11.0. The van der Waals surface area contributed by atoms with Crippen molar-refractivity contribution in [2.45, 2.75) is 25.4 Å². The molecule has 0 amide bonds. The minimum atomic E-state index is 0.665. The molecule has 3 rings (SSSR count). The van der Waals surface area contributed by atoms with Crippen LogP contribution in [0.3, 0.4) is 0 Å². The topological polar surface area (TPSA) is 53.1 Å². The van der Waals surface area contributed by atoms with Gasteiger partial charge in [0, 0.05) is 18.8 Å². The molecule has 0 unspecified atom stereocenters. The summed E-state index contributed by atoms with van der Waals surface area (Å²) in [7, 11) is 0. The Balaban J connectivity index is 1.93. The van der Waals surface area contributed by atoms with E-state index < -0.39 is 0 Å². The molecule has 2 aromatic heterocycles. The molecule has 2 heterocycles. The summed E-state index contributed by atoms with van der Waals surface area (Å²) < 4.78 is 1.98. The second-order valence-corrected chi connectivity index (χ2v) is 4.16. The number of aromatic nitrogens is 2. The van der Waals surface area contributed by atoms with Crippen molar-refractivity contribution in [1.29, 1.82) is 5.26 Å². The molecule has 0 aromatic carbocycles. The van der Waals surface area contributed by atoms with Crippen LogP contribution >= 0.6 is 0 Å². The number of imidazole rings is 1. The molecule has 4 nitrogen and oxygen atoms in total. The van der Waals surface area contributed by atoms with Crippen molar-refractivity contribution in [3.05, 3.63) is 35.8 Å². The third-order valence-electron chi connectivity index (χ3n) is 2.86. The fourth-order valence-corrected chi connectivity index (χ4v) is 1.76. The van der Waals surface area contributed by atoms with E-state index in [1.807, 2.05) is 22.9 Å². The molecule has 1 N–H and O–H groups in total. The summed E-state index contributed by atoms with van der Waals surface area (Å²) in [5.74, 6) is 0. The lowest BCUT2D eigenvalue weighted by Crippen LogP contribution is -2.16. The summed E-state index contributed by atoms with van der Waals surface area (Å²) in [5.41, 5.74) is 2.67. The first-order chi connectivity index (χ1) is 7.86. The summed E-state index contributed by atoms with van der Waals surface area (Å²) >= 11 is 0. The molecule has 1 saturated carbocycles. The Morgan fingerprint density at radius 1 is 1.50 bits per heavy atom. The molecular weight excluding hydrogens is 200 g/mol. The van der Waals surface area contributed by atoms with Gasteiger partial charge in [-0.2, -0.15) is 5.26 Å². The standard InChI is InChI=1S/C12H12N4/c13-5-9-1-4-12-15-7-11(16(12)8-9)6-14-10-2-3-10/h1,4,7-8,10,14H,2-3,6H2. The molecule has 4 heteroatoms. The normalized spacial score (nSPS) is 15.2. The maximum absolute atomic E-state index is 8.85. The second kappa shape index (κ2) is 3.62. The lowest BCUT2D eigenvalue weighted by atomic mass is 10.3. The van der Waals surface area contributed by atoms with Gasteiger partial charge < -0.3 is 9.72 Å². The summed E-state index contributed by atoms with van der Waals surface area (Å²) in [6.07, 6.45) is 6.26. The number of nitrogens with zero attached hydrogens (tertiary/aromatic N) is 3. The van der Waals surface area contributed by atoms with Crippen molar-refractivity contribution >= 4 is 5.65 Å². The fraction of sp³-hybridized carbons (Fsp3) is 0.333. The Morgan fingerprint density at radius 2 is 2.38 bits per heavy atom. The molecule has 0 bridgehead atoms. The third-order valence-corrected chi connectivity index (χ3v) is 2.86. The zero-order valence-corrected chi connectivity index (χ0v) is 8.85. The maximum atomic E-state index is 8.85. The van der Waals surface area contributed by atoms with Crippen LogP contribution in [-0.2, 0) is 6.54 Å². The van der Waals surface area contributed by atoms with E-state index in [9.17, 15) is 0 Å². The number of hydrogen-bond acceptors (Lipinski definition) is 3. The van der Waals surface area contributed by atoms with Crippen LogP contribution in [-0.4, -0.2) is 15.4 Å². The van der Waals surface area contributed by atoms with Gasteiger partial charge in [0.1, 0.15) is 11.7 Å². The molecule has 1 aliphatic carbocycles. The smallest absolute Gasteiger partial charge is 0.137 e. The number of pyridine rings is 1. The van der Waals surface area contributed by atoms with Crippen molar-refractivity contribution in [3.63, 3.8) is 0 Å². The van der Waals surface area contributed by atoms with Crippen LogP contribution in [0.4, 0.5) is 0 Å². The zero-order valence-electron chi connectivity index (χ0n) is 8.85. The van der Waals surface area contributed by atoms with Crippen LogP contribution in [0.2, 0.25) is 0 Å². The SMILES string of the molecule is N#Cc1ccc2ncc(CNC3CC3)n2c1. The van der Waals surface area contributed by atoms with E-state index in [1.165, 1.54) is 12.8 Å². The minimum absolute atomic E-state index is 0.665. The van der Waals surface area contributed by atoms with Crippen molar-refractivity contribution in [2.24, 2.45) is 0 Å². The number of hydrogen-bond donors (Lipinski definition) is 1. The van der Waals surface area contributed by atoms with Crippen LogP contribution in [0.1, 0.15) is 24.1 Å². The average molecular weight is 212 g/mol. The molecule has 16 heavy (non-hydrogen) atoms. The number of nitriles is 1. The predicted molar refractivity (Wildman–Crippen MR) is 59.8 cm³/mol. The first kappa shape index (κ1) is 9.37. The first-order valence-corrected chi connectivity index (χ1v) is 5.46. The number of fused-ring (bicyclic) bond motifs is 1. The molecule has 1 aliphatic rings. The second-order valence-electron chi connectivity index (χ2n) is 4.16. The Labute approximate surface area is 93.5 Å². The highest BCUT2D eigenvalue weighted by Gasteiger charge is 2.20. The van der Waals surface area contributed by atoms with Gasteiger partial charge in [-0.1, -0.05) is 0 Å².